The number of aromatic nitrogens is 3. The minimum atomic E-state index is 0.426. The van der Waals surface area contributed by atoms with Crippen LogP contribution < -0.4 is 5.32 Å². The topological polar surface area (TPSA) is 46.0 Å². The summed E-state index contributed by atoms with van der Waals surface area (Å²) in [4.78, 5) is 6.79. The van der Waals surface area contributed by atoms with Crippen molar-refractivity contribution < 1.29 is 0 Å². The van der Waals surface area contributed by atoms with E-state index >= 15 is 0 Å². The molecule has 5 nitrogen and oxygen atoms in total. The fourth-order valence-electron chi connectivity index (χ4n) is 2.73. The standard InChI is InChI=1S/C15H29N5/c1-13(2)10-20-14(17-12-18-20)9-16-11-15(3)5-7-19(4)8-6-15/h12-13,16H,5-11H2,1-4H3. The quantitative estimate of drug-likeness (QED) is 0.862. The highest BCUT2D eigenvalue weighted by Gasteiger charge is 2.28. The van der Waals surface area contributed by atoms with E-state index in [-0.39, 0.29) is 0 Å². The zero-order chi connectivity index (χ0) is 14.6. The number of hydrogen-bond acceptors (Lipinski definition) is 4. The average Bonchev–Trinajstić information content (AvgIpc) is 2.80. The van der Waals surface area contributed by atoms with E-state index in [1.807, 2.05) is 4.68 Å². The Hall–Kier alpha value is -0.940. The van der Waals surface area contributed by atoms with E-state index in [1.165, 1.54) is 25.9 Å². The first kappa shape index (κ1) is 15.4. The second-order valence-corrected chi connectivity index (χ2v) is 6.97. The van der Waals surface area contributed by atoms with Gasteiger partial charge in [0.15, 0.2) is 0 Å². The van der Waals surface area contributed by atoms with Gasteiger partial charge in [0.1, 0.15) is 12.2 Å². The van der Waals surface area contributed by atoms with Gasteiger partial charge in [-0.15, -0.1) is 0 Å². The number of hydrogen-bond donors (Lipinski definition) is 1. The van der Waals surface area contributed by atoms with E-state index < -0.39 is 0 Å². The fraction of sp³-hybridized carbons (Fsp3) is 0.867. The zero-order valence-corrected chi connectivity index (χ0v) is 13.4. The predicted octanol–water partition coefficient (Wildman–Crippen LogP) is 1.76. The summed E-state index contributed by atoms with van der Waals surface area (Å²) >= 11 is 0. The van der Waals surface area contributed by atoms with Gasteiger partial charge in [-0.1, -0.05) is 20.8 Å². The molecular weight excluding hydrogens is 250 g/mol. The van der Waals surface area contributed by atoms with Gasteiger partial charge in [-0.3, -0.25) is 0 Å². The van der Waals surface area contributed by atoms with Crippen molar-refractivity contribution in [3.63, 3.8) is 0 Å². The molecule has 0 spiro atoms. The molecule has 0 aromatic carbocycles. The summed E-state index contributed by atoms with van der Waals surface area (Å²) in [5.41, 5.74) is 0.426. The molecule has 5 heteroatoms. The van der Waals surface area contributed by atoms with Crippen LogP contribution in [0.5, 0.6) is 0 Å². The SMILES string of the molecule is CC(C)Cn1ncnc1CNCC1(C)CCN(C)CC1. The monoisotopic (exact) mass is 279 g/mol. The molecule has 0 radical (unpaired) electrons. The van der Waals surface area contributed by atoms with Crippen LogP contribution in [-0.4, -0.2) is 46.3 Å². The molecule has 0 unspecified atom stereocenters. The molecule has 1 aromatic heterocycles. The van der Waals surface area contributed by atoms with Crippen LogP contribution in [0.3, 0.4) is 0 Å². The first-order valence-electron chi connectivity index (χ1n) is 7.74. The van der Waals surface area contributed by atoms with E-state index in [0.717, 1.165) is 25.5 Å². The number of likely N-dealkylation sites (tertiary alicyclic amines) is 1. The van der Waals surface area contributed by atoms with Crippen molar-refractivity contribution >= 4 is 0 Å². The van der Waals surface area contributed by atoms with E-state index in [4.69, 9.17) is 0 Å². The Labute approximate surface area is 122 Å². The van der Waals surface area contributed by atoms with Crippen LogP contribution >= 0.6 is 0 Å². The van der Waals surface area contributed by atoms with Crippen LogP contribution in [0.4, 0.5) is 0 Å². The molecule has 0 amide bonds. The molecule has 114 valence electrons. The first-order chi connectivity index (χ1) is 9.48. The second-order valence-electron chi connectivity index (χ2n) is 6.97. The third kappa shape index (κ3) is 4.28. The highest BCUT2D eigenvalue weighted by Crippen LogP contribution is 2.29. The third-order valence-electron chi connectivity index (χ3n) is 4.26. The number of nitrogens with zero attached hydrogens (tertiary/aromatic N) is 4. The van der Waals surface area contributed by atoms with Gasteiger partial charge < -0.3 is 10.2 Å². The molecular formula is C15H29N5. The maximum absolute atomic E-state index is 4.37. The molecule has 1 aliphatic rings. The molecule has 1 fully saturated rings. The smallest absolute Gasteiger partial charge is 0.140 e. The van der Waals surface area contributed by atoms with Crippen LogP contribution in [-0.2, 0) is 13.1 Å². The van der Waals surface area contributed by atoms with Crippen molar-refractivity contribution in [2.75, 3.05) is 26.7 Å². The second kappa shape index (κ2) is 6.68. The van der Waals surface area contributed by atoms with Crippen molar-refractivity contribution in [1.29, 1.82) is 0 Å². The van der Waals surface area contributed by atoms with E-state index in [2.05, 4.69) is 48.1 Å². The molecule has 0 atom stereocenters. The Morgan fingerprint density at radius 3 is 2.70 bits per heavy atom. The molecule has 1 aromatic rings. The predicted molar refractivity (Wildman–Crippen MR) is 81.4 cm³/mol. The minimum absolute atomic E-state index is 0.426. The van der Waals surface area contributed by atoms with Gasteiger partial charge in [0.25, 0.3) is 0 Å². The van der Waals surface area contributed by atoms with Gasteiger partial charge in [0, 0.05) is 13.1 Å². The Balaban J connectivity index is 1.79. The third-order valence-corrected chi connectivity index (χ3v) is 4.26. The lowest BCUT2D eigenvalue weighted by Gasteiger charge is -2.38. The maximum Gasteiger partial charge on any atom is 0.140 e. The summed E-state index contributed by atoms with van der Waals surface area (Å²) in [6.45, 7) is 12.1. The summed E-state index contributed by atoms with van der Waals surface area (Å²) < 4.78 is 2.02. The molecule has 2 heterocycles. The van der Waals surface area contributed by atoms with Gasteiger partial charge >= 0.3 is 0 Å². The summed E-state index contributed by atoms with van der Waals surface area (Å²) in [7, 11) is 2.21. The molecule has 20 heavy (non-hydrogen) atoms. The van der Waals surface area contributed by atoms with Gasteiger partial charge in [0.2, 0.25) is 0 Å². The van der Waals surface area contributed by atoms with Crippen molar-refractivity contribution in [2.24, 2.45) is 11.3 Å². The van der Waals surface area contributed by atoms with Crippen molar-refractivity contribution in [3.05, 3.63) is 12.2 Å². The molecule has 0 aliphatic carbocycles. The Kier molecular flexibility index (Phi) is 5.16. The van der Waals surface area contributed by atoms with Crippen molar-refractivity contribution in [2.45, 2.75) is 46.7 Å². The van der Waals surface area contributed by atoms with Crippen LogP contribution in [0.15, 0.2) is 6.33 Å². The lowest BCUT2D eigenvalue weighted by Crippen LogP contribution is -2.42. The average molecular weight is 279 g/mol. The molecule has 2 rings (SSSR count). The Morgan fingerprint density at radius 2 is 2.05 bits per heavy atom. The van der Waals surface area contributed by atoms with E-state index in [1.54, 1.807) is 6.33 Å². The largest absolute Gasteiger partial charge is 0.309 e. The van der Waals surface area contributed by atoms with Gasteiger partial charge in [0.05, 0.1) is 6.54 Å². The summed E-state index contributed by atoms with van der Waals surface area (Å²) in [6.07, 6.45) is 4.21. The Bertz CT molecular complexity index is 404. The molecule has 0 saturated carbocycles. The summed E-state index contributed by atoms with van der Waals surface area (Å²) in [6, 6.07) is 0. The van der Waals surface area contributed by atoms with E-state index in [0.29, 0.717) is 11.3 Å². The highest BCUT2D eigenvalue weighted by atomic mass is 15.3. The summed E-state index contributed by atoms with van der Waals surface area (Å²) in [5, 5.41) is 7.89. The molecule has 0 bridgehead atoms. The molecule has 1 saturated heterocycles. The molecule has 1 aliphatic heterocycles. The van der Waals surface area contributed by atoms with Crippen LogP contribution in [0.25, 0.3) is 0 Å². The van der Waals surface area contributed by atoms with Crippen LogP contribution in [0, 0.1) is 11.3 Å². The first-order valence-corrected chi connectivity index (χ1v) is 7.74. The van der Waals surface area contributed by atoms with Gasteiger partial charge in [-0.05, 0) is 44.3 Å². The Morgan fingerprint density at radius 1 is 1.35 bits per heavy atom. The van der Waals surface area contributed by atoms with E-state index in [9.17, 15) is 0 Å². The number of nitrogens with one attached hydrogen (secondary N) is 1. The van der Waals surface area contributed by atoms with Crippen LogP contribution in [0.1, 0.15) is 39.4 Å². The zero-order valence-electron chi connectivity index (χ0n) is 13.4. The van der Waals surface area contributed by atoms with Crippen molar-refractivity contribution in [1.82, 2.24) is 25.0 Å². The van der Waals surface area contributed by atoms with Gasteiger partial charge in [-0.2, -0.15) is 5.10 Å². The van der Waals surface area contributed by atoms with Gasteiger partial charge in [-0.25, -0.2) is 9.67 Å². The lowest BCUT2D eigenvalue weighted by atomic mass is 9.80. The van der Waals surface area contributed by atoms with Crippen LogP contribution in [0.2, 0.25) is 0 Å². The molecule has 1 N–H and O–H groups in total. The lowest BCUT2D eigenvalue weighted by molar-refractivity contribution is 0.136. The number of piperidine rings is 1. The summed E-state index contributed by atoms with van der Waals surface area (Å²) in [5.74, 6) is 1.65. The number of rotatable bonds is 6. The normalized spacial score (nSPS) is 19.6. The fourth-order valence-corrected chi connectivity index (χ4v) is 2.73. The highest BCUT2D eigenvalue weighted by molar-refractivity contribution is 4.87. The van der Waals surface area contributed by atoms with Crippen molar-refractivity contribution in [3.8, 4) is 0 Å². The maximum atomic E-state index is 4.37. The minimum Gasteiger partial charge on any atom is -0.309 e.